The minimum Gasteiger partial charge on any atom is -0.345 e. The van der Waals surface area contributed by atoms with E-state index in [-0.39, 0.29) is 0 Å². The zero-order valence-corrected chi connectivity index (χ0v) is 14.2. The van der Waals surface area contributed by atoms with Crippen LogP contribution < -0.4 is 4.90 Å². The molecular weight excluding hydrogens is 302 g/mol. The molecule has 4 rings (SSSR count). The Kier molecular flexibility index (Phi) is 4.02. The first-order valence-corrected chi connectivity index (χ1v) is 8.98. The Labute approximate surface area is 141 Å². The molecule has 0 radical (unpaired) electrons. The van der Waals surface area contributed by atoms with Crippen LogP contribution in [0.25, 0.3) is 10.2 Å². The summed E-state index contributed by atoms with van der Waals surface area (Å²) in [6.45, 7) is 7.51. The van der Waals surface area contributed by atoms with Gasteiger partial charge in [-0.05, 0) is 24.6 Å². The van der Waals surface area contributed by atoms with Gasteiger partial charge in [0.15, 0.2) is 5.13 Å². The van der Waals surface area contributed by atoms with Gasteiger partial charge in [-0.1, -0.05) is 53.3 Å². The Morgan fingerprint density at radius 3 is 2.43 bits per heavy atom. The van der Waals surface area contributed by atoms with E-state index in [1.165, 1.54) is 21.0 Å². The summed E-state index contributed by atoms with van der Waals surface area (Å²) in [6.07, 6.45) is 0. The lowest BCUT2D eigenvalue weighted by atomic mass is 10.1. The molecule has 0 atom stereocenters. The maximum atomic E-state index is 4.78. The number of aryl methyl sites for hydroxylation is 1. The van der Waals surface area contributed by atoms with E-state index >= 15 is 0 Å². The second-order valence-electron chi connectivity index (χ2n) is 6.21. The standard InChI is InChI=1S/C19H21N3S/c1-15-6-8-16(9-7-15)14-21-10-12-22(13-11-21)19-20-17-4-2-3-5-18(17)23-19/h2-9H,10-14H2,1H3. The molecule has 1 aliphatic heterocycles. The Morgan fingerprint density at radius 2 is 1.70 bits per heavy atom. The van der Waals surface area contributed by atoms with Gasteiger partial charge in [-0.2, -0.15) is 0 Å². The number of aromatic nitrogens is 1. The van der Waals surface area contributed by atoms with Crippen LogP contribution >= 0.6 is 11.3 Å². The minimum absolute atomic E-state index is 1.05. The van der Waals surface area contributed by atoms with E-state index in [4.69, 9.17) is 4.98 Å². The number of nitrogens with zero attached hydrogens (tertiary/aromatic N) is 3. The SMILES string of the molecule is Cc1ccc(CN2CCN(c3nc4ccccc4s3)CC2)cc1. The van der Waals surface area contributed by atoms with Crippen LogP contribution in [-0.4, -0.2) is 36.1 Å². The molecule has 0 spiro atoms. The largest absolute Gasteiger partial charge is 0.345 e. The van der Waals surface area contributed by atoms with Crippen LogP contribution in [0.15, 0.2) is 48.5 Å². The number of hydrogen-bond acceptors (Lipinski definition) is 4. The molecule has 0 bridgehead atoms. The van der Waals surface area contributed by atoms with E-state index < -0.39 is 0 Å². The molecule has 0 amide bonds. The molecule has 0 saturated carbocycles. The summed E-state index contributed by atoms with van der Waals surface area (Å²) in [6, 6.07) is 17.3. The highest BCUT2D eigenvalue weighted by molar-refractivity contribution is 7.22. The fourth-order valence-corrected chi connectivity index (χ4v) is 4.06. The predicted molar refractivity (Wildman–Crippen MR) is 98.3 cm³/mol. The van der Waals surface area contributed by atoms with Crippen molar-refractivity contribution < 1.29 is 0 Å². The van der Waals surface area contributed by atoms with E-state index in [1.54, 1.807) is 11.3 Å². The third kappa shape index (κ3) is 3.23. The lowest BCUT2D eigenvalue weighted by Crippen LogP contribution is -2.45. The molecule has 1 aromatic heterocycles. The summed E-state index contributed by atoms with van der Waals surface area (Å²) in [5.74, 6) is 0. The molecule has 3 nitrogen and oxygen atoms in total. The van der Waals surface area contributed by atoms with Crippen LogP contribution in [0.2, 0.25) is 0 Å². The molecular formula is C19H21N3S. The Bertz CT molecular complexity index is 753. The van der Waals surface area contributed by atoms with Gasteiger partial charge in [-0.15, -0.1) is 0 Å². The van der Waals surface area contributed by atoms with Gasteiger partial charge < -0.3 is 4.90 Å². The van der Waals surface area contributed by atoms with Crippen LogP contribution in [0.3, 0.4) is 0 Å². The monoisotopic (exact) mass is 323 g/mol. The first-order chi connectivity index (χ1) is 11.3. The van der Waals surface area contributed by atoms with Crippen molar-refractivity contribution in [2.24, 2.45) is 0 Å². The van der Waals surface area contributed by atoms with Crippen molar-refractivity contribution in [3.05, 3.63) is 59.7 Å². The minimum atomic E-state index is 1.05. The molecule has 118 valence electrons. The van der Waals surface area contributed by atoms with Crippen LogP contribution in [0.1, 0.15) is 11.1 Å². The molecule has 2 heterocycles. The molecule has 0 unspecified atom stereocenters. The predicted octanol–water partition coefficient (Wildman–Crippen LogP) is 3.93. The van der Waals surface area contributed by atoms with Crippen LogP contribution in [0.5, 0.6) is 0 Å². The maximum Gasteiger partial charge on any atom is 0.186 e. The fraction of sp³-hybridized carbons (Fsp3) is 0.316. The van der Waals surface area contributed by atoms with E-state index in [2.05, 4.69) is 65.3 Å². The molecule has 3 aromatic rings. The normalized spacial score (nSPS) is 16.1. The van der Waals surface area contributed by atoms with Gasteiger partial charge in [-0.25, -0.2) is 4.98 Å². The fourth-order valence-electron chi connectivity index (χ4n) is 3.04. The highest BCUT2D eigenvalue weighted by atomic mass is 32.1. The van der Waals surface area contributed by atoms with E-state index in [0.717, 1.165) is 38.2 Å². The van der Waals surface area contributed by atoms with Crippen LogP contribution in [0.4, 0.5) is 5.13 Å². The zero-order chi connectivity index (χ0) is 15.6. The van der Waals surface area contributed by atoms with Gasteiger partial charge in [0.05, 0.1) is 10.2 Å². The number of benzene rings is 2. The maximum absolute atomic E-state index is 4.78. The molecule has 4 heteroatoms. The molecule has 0 N–H and O–H groups in total. The number of thiazole rings is 1. The lowest BCUT2D eigenvalue weighted by molar-refractivity contribution is 0.250. The van der Waals surface area contributed by atoms with Crippen molar-refractivity contribution in [2.45, 2.75) is 13.5 Å². The van der Waals surface area contributed by atoms with E-state index in [1.807, 2.05) is 0 Å². The third-order valence-electron chi connectivity index (χ3n) is 4.45. The van der Waals surface area contributed by atoms with Crippen molar-refractivity contribution in [2.75, 3.05) is 31.1 Å². The zero-order valence-electron chi connectivity index (χ0n) is 13.4. The van der Waals surface area contributed by atoms with Crippen molar-refractivity contribution in [3.8, 4) is 0 Å². The number of fused-ring (bicyclic) bond motifs is 1. The second kappa shape index (κ2) is 6.30. The van der Waals surface area contributed by atoms with Gasteiger partial charge in [0.2, 0.25) is 0 Å². The molecule has 1 fully saturated rings. The first-order valence-electron chi connectivity index (χ1n) is 8.16. The average molecular weight is 323 g/mol. The topological polar surface area (TPSA) is 19.4 Å². The summed E-state index contributed by atoms with van der Waals surface area (Å²) in [5, 5.41) is 1.17. The van der Waals surface area contributed by atoms with Gasteiger partial charge in [0.25, 0.3) is 0 Å². The Hall–Kier alpha value is -1.91. The van der Waals surface area contributed by atoms with E-state index in [0.29, 0.717) is 0 Å². The van der Waals surface area contributed by atoms with E-state index in [9.17, 15) is 0 Å². The van der Waals surface area contributed by atoms with Gasteiger partial charge in [0.1, 0.15) is 0 Å². The molecule has 0 aliphatic carbocycles. The number of piperazine rings is 1. The van der Waals surface area contributed by atoms with Crippen molar-refractivity contribution >= 4 is 26.7 Å². The summed E-state index contributed by atoms with van der Waals surface area (Å²) in [5.41, 5.74) is 3.85. The quantitative estimate of drug-likeness (QED) is 0.728. The molecule has 23 heavy (non-hydrogen) atoms. The van der Waals surface area contributed by atoms with Crippen molar-refractivity contribution in [1.82, 2.24) is 9.88 Å². The second-order valence-corrected chi connectivity index (χ2v) is 7.22. The summed E-state index contributed by atoms with van der Waals surface area (Å²) in [4.78, 5) is 9.74. The van der Waals surface area contributed by atoms with Gasteiger partial charge in [0, 0.05) is 32.7 Å². The Morgan fingerprint density at radius 1 is 0.957 bits per heavy atom. The number of rotatable bonds is 3. The van der Waals surface area contributed by atoms with Gasteiger partial charge in [-0.3, -0.25) is 4.90 Å². The third-order valence-corrected chi connectivity index (χ3v) is 5.55. The average Bonchev–Trinajstić information content (AvgIpc) is 3.02. The molecule has 1 aliphatic rings. The number of para-hydroxylation sites is 1. The first kappa shape index (κ1) is 14.7. The lowest BCUT2D eigenvalue weighted by Gasteiger charge is -2.34. The number of anilines is 1. The summed E-state index contributed by atoms with van der Waals surface area (Å²) < 4.78 is 1.28. The van der Waals surface area contributed by atoms with Gasteiger partial charge >= 0.3 is 0 Å². The van der Waals surface area contributed by atoms with Crippen molar-refractivity contribution in [1.29, 1.82) is 0 Å². The highest BCUT2D eigenvalue weighted by Crippen LogP contribution is 2.29. The summed E-state index contributed by atoms with van der Waals surface area (Å²) in [7, 11) is 0. The highest BCUT2D eigenvalue weighted by Gasteiger charge is 2.19. The summed E-state index contributed by atoms with van der Waals surface area (Å²) >= 11 is 1.81. The molecule has 2 aromatic carbocycles. The number of hydrogen-bond donors (Lipinski definition) is 0. The van der Waals surface area contributed by atoms with Crippen molar-refractivity contribution in [3.63, 3.8) is 0 Å². The smallest absolute Gasteiger partial charge is 0.186 e. The molecule has 1 saturated heterocycles. The van der Waals surface area contributed by atoms with Crippen LogP contribution in [0, 0.1) is 6.92 Å². The van der Waals surface area contributed by atoms with Crippen LogP contribution in [-0.2, 0) is 6.54 Å². The Balaban J connectivity index is 1.39.